The molecule has 1 N–H and O–H groups in total. The van der Waals surface area contributed by atoms with Crippen molar-refractivity contribution in [3.63, 3.8) is 0 Å². The lowest BCUT2D eigenvalue weighted by atomic mass is 10.1. The Morgan fingerprint density at radius 2 is 1.82 bits per heavy atom. The Balaban J connectivity index is 1.42. The van der Waals surface area contributed by atoms with Crippen molar-refractivity contribution in [2.24, 2.45) is 0 Å². The number of carbonyl (C=O) groups excluding carboxylic acids is 2. The van der Waals surface area contributed by atoms with Crippen LogP contribution in [-0.2, 0) is 13.1 Å². The zero-order chi connectivity index (χ0) is 20.1. The minimum absolute atomic E-state index is 0.0334. The standard InChI is InChI=1S/C20H27N5O3/c1-15-12-18(28-22-15)14-24-8-10-25(11-9-24)20(27)21-13-16-4-6-17(7-5-16)19(26)23(2)3/h4-7,12H,8-11,13-14H2,1-3H3,(H,21,27). The predicted molar refractivity (Wildman–Crippen MR) is 105 cm³/mol. The van der Waals surface area contributed by atoms with Gasteiger partial charge in [-0.2, -0.15) is 0 Å². The van der Waals surface area contributed by atoms with E-state index in [9.17, 15) is 9.59 Å². The normalized spacial score (nSPS) is 14.8. The van der Waals surface area contributed by atoms with Crippen LogP contribution in [0.5, 0.6) is 0 Å². The molecule has 0 atom stereocenters. The number of carbonyl (C=O) groups is 2. The molecule has 1 aromatic heterocycles. The molecular weight excluding hydrogens is 358 g/mol. The fraction of sp³-hybridized carbons (Fsp3) is 0.450. The number of aryl methyl sites for hydroxylation is 1. The molecule has 1 aliphatic rings. The van der Waals surface area contributed by atoms with Crippen LogP contribution in [0.3, 0.4) is 0 Å². The Bertz CT molecular complexity index is 808. The zero-order valence-corrected chi connectivity index (χ0v) is 16.6. The Morgan fingerprint density at radius 1 is 1.14 bits per heavy atom. The first-order valence-electron chi connectivity index (χ1n) is 9.40. The fourth-order valence-corrected chi connectivity index (χ4v) is 3.13. The zero-order valence-electron chi connectivity index (χ0n) is 16.6. The van der Waals surface area contributed by atoms with Gasteiger partial charge < -0.3 is 19.6 Å². The average molecular weight is 385 g/mol. The van der Waals surface area contributed by atoms with Crippen molar-refractivity contribution >= 4 is 11.9 Å². The van der Waals surface area contributed by atoms with Gasteiger partial charge in [0, 0.05) is 58.4 Å². The third-order valence-corrected chi connectivity index (χ3v) is 4.77. The van der Waals surface area contributed by atoms with E-state index in [0.717, 1.165) is 30.1 Å². The molecule has 8 nitrogen and oxygen atoms in total. The number of hydrogen-bond donors (Lipinski definition) is 1. The lowest BCUT2D eigenvalue weighted by molar-refractivity contribution is 0.0827. The molecule has 8 heteroatoms. The molecule has 1 aromatic carbocycles. The maximum atomic E-state index is 12.4. The third kappa shape index (κ3) is 5.10. The number of amides is 3. The van der Waals surface area contributed by atoms with Gasteiger partial charge in [-0.3, -0.25) is 9.69 Å². The second-order valence-electron chi connectivity index (χ2n) is 7.25. The molecule has 0 unspecified atom stereocenters. The molecular formula is C20H27N5O3. The van der Waals surface area contributed by atoms with Gasteiger partial charge in [0.25, 0.3) is 5.91 Å². The largest absolute Gasteiger partial charge is 0.360 e. The van der Waals surface area contributed by atoms with E-state index in [1.54, 1.807) is 31.1 Å². The van der Waals surface area contributed by atoms with Gasteiger partial charge in [-0.15, -0.1) is 0 Å². The van der Waals surface area contributed by atoms with E-state index < -0.39 is 0 Å². The number of nitrogens with one attached hydrogen (secondary N) is 1. The van der Waals surface area contributed by atoms with Crippen molar-refractivity contribution in [1.82, 2.24) is 25.2 Å². The van der Waals surface area contributed by atoms with Crippen molar-refractivity contribution in [3.8, 4) is 0 Å². The molecule has 1 saturated heterocycles. The van der Waals surface area contributed by atoms with Gasteiger partial charge in [0.1, 0.15) is 0 Å². The molecule has 3 rings (SSSR count). The number of nitrogens with zero attached hydrogens (tertiary/aromatic N) is 4. The Hall–Kier alpha value is -2.87. The van der Waals surface area contributed by atoms with Gasteiger partial charge in [0.05, 0.1) is 12.2 Å². The van der Waals surface area contributed by atoms with E-state index in [-0.39, 0.29) is 11.9 Å². The highest BCUT2D eigenvalue weighted by Gasteiger charge is 2.21. The maximum Gasteiger partial charge on any atom is 0.317 e. The lowest BCUT2D eigenvalue weighted by Crippen LogP contribution is -2.51. The van der Waals surface area contributed by atoms with Crippen LogP contribution in [0.15, 0.2) is 34.9 Å². The summed E-state index contributed by atoms with van der Waals surface area (Å²) >= 11 is 0. The summed E-state index contributed by atoms with van der Waals surface area (Å²) < 4.78 is 5.26. The van der Waals surface area contributed by atoms with Gasteiger partial charge in [0.2, 0.25) is 0 Å². The summed E-state index contributed by atoms with van der Waals surface area (Å²) in [6.07, 6.45) is 0. The molecule has 0 saturated carbocycles. The molecule has 0 bridgehead atoms. The van der Waals surface area contributed by atoms with Crippen molar-refractivity contribution in [2.45, 2.75) is 20.0 Å². The summed E-state index contributed by atoms with van der Waals surface area (Å²) in [5.41, 5.74) is 2.48. The van der Waals surface area contributed by atoms with Crippen LogP contribution in [0.2, 0.25) is 0 Å². The average Bonchev–Trinajstić information content (AvgIpc) is 3.11. The van der Waals surface area contributed by atoms with Crippen LogP contribution >= 0.6 is 0 Å². The van der Waals surface area contributed by atoms with E-state index in [1.807, 2.05) is 30.0 Å². The molecule has 1 fully saturated rings. The second kappa shape index (κ2) is 8.88. The summed E-state index contributed by atoms with van der Waals surface area (Å²) in [5.74, 6) is 0.820. The molecule has 0 radical (unpaired) electrons. The highest BCUT2D eigenvalue weighted by molar-refractivity contribution is 5.93. The van der Waals surface area contributed by atoms with Crippen LogP contribution in [-0.4, -0.2) is 72.1 Å². The van der Waals surface area contributed by atoms with Crippen molar-refractivity contribution in [2.75, 3.05) is 40.3 Å². The first-order valence-corrected chi connectivity index (χ1v) is 9.40. The first-order chi connectivity index (χ1) is 13.4. The topological polar surface area (TPSA) is 81.9 Å². The summed E-state index contributed by atoms with van der Waals surface area (Å²) in [5, 5.41) is 6.86. The molecule has 2 heterocycles. The number of hydrogen-bond acceptors (Lipinski definition) is 5. The van der Waals surface area contributed by atoms with Crippen LogP contribution in [0.4, 0.5) is 4.79 Å². The van der Waals surface area contributed by atoms with Gasteiger partial charge in [0.15, 0.2) is 5.76 Å². The highest BCUT2D eigenvalue weighted by atomic mass is 16.5. The predicted octanol–water partition coefficient (Wildman–Crippen LogP) is 1.71. The minimum Gasteiger partial charge on any atom is -0.360 e. The lowest BCUT2D eigenvalue weighted by Gasteiger charge is -2.34. The minimum atomic E-state index is -0.0661. The van der Waals surface area contributed by atoms with Crippen LogP contribution in [0, 0.1) is 6.92 Å². The maximum absolute atomic E-state index is 12.4. The molecule has 28 heavy (non-hydrogen) atoms. The number of aromatic nitrogens is 1. The third-order valence-electron chi connectivity index (χ3n) is 4.77. The summed E-state index contributed by atoms with van der Waals surface area (Å²) in [6, 6.07) is 9.18. The van der Waals surface area contributed by atoms with Gasteiger partial charge in [-0.05, 0) is 24.6 Å². The van der Waals surface area contributed by atoms with E-state index in [0.29, 0.717) is 31.7 Å². The van der Waals surface area contributed by atoms with E-state index in [1.165, 1.54) is 0 Å². The summed E-state index contributed by atoms with van der Waals surface area (Å²) in [6.45, 7) is 6.01. The number of rotatable bonds is 5. The fourth-order valence-electron chi connectivity index (χ4n) is 3.13. The van der Waals surface area contributed by atoms with E-state index in [2.05, 4.69) is 15.4 Å². The first kappa shape index (κ1) is 19.9. The second-order valence-corrected chi connectivity index (χ2v) is 7.25. The molecule has 2 aromatic rings. The van der Waals surface area contributed by atoms with Crippen LogP contribution in [0.25, 0.3) is 0 Å². The smallest absolute Gasteiger partial charge is 0.317 e. The molecule has 3 amide bonds. The SMILES string of the molecule is Cc1cc(CN2CCN(C(=O)NCc3ccc(C(=O)N(C)C)cc3)CC2)on1. The molecule has 150 valence electrons. The molecule has 0 aliphatic carbocycles. The highest BCUT2D eigenvalue weighted by Crippen LogP contribution is 2.10. The van der Waals surface area contributed by atoms with Gasteiger partial charge in [-0.25, -0.2) is 4.79 Å². The number of benzene rings is 1. The van der Waals surface area contributed by atoms with Gasteiger partial charge >= 0.3 is 6.03 Å². The van der Waals surface area contributed by atoms with Crippen molar-refractivity contribution < 1.29 is 14.1 Å². The Labute approximate surface area is 165 Å². The summed E-state index contributed by atoms with van der Waals surface area (Å²) in [4.78, 5) is 29.9. The van der Waals surface area contributed by atoms with E-state index >= 15 is 0 Å². The summed E-state index contributed by atoms with van der Waals surface area (Å²) in [7, 11) is 3.45. The van der Waals surface area contributed by atoms with Crippen LogP contribution < -0.4 is 5.32 Å². The van der Waals surface area contributed by atoms with E-state index in [4.69, 9.17) is 4.52 Å². The Kier molecular flexibility index (Phi) is 6.30. The van der Waals surface area contributed by atoms with Gasteiger partial charge in [-0.1, -0.05) is 17.3 Å². The molecule has 1 aliphatic heterocycles. The van der Waals surface area contributed by atoms with Crippen molar-refractivity contribution in [1.29, 1.82) is 0 Å². The number of piperazine rings is 1. The van der Waals surface area contributed by atoms with Crippen molar-refractivity contribution in [3.05, 3.63) is 52.9 Å². The van der Waals surface area contributed by atoms with Crippen LogP contribution in [0.1, 0.15) is 27.4 Å². The molecule has 0 spiro atoms. The monoisotopic (exact) mass is 385 g/mol. The quantitative estimate of drug-likeness (QED) is 0.847. The Morgan fingerprint density at radius 3 is 2.39 bits per heavy atom. The number of urea groups is 1.